The summed E-state index contributed by atoms with van der Waals surface area (Å²) >= 11 is 1.86. The van der Waals surface area contributed by atoms with Crippen molar-refractivity contribution >= 4 is 70.5 Å². The lowest BCUT2D eigenvalue weighted by Crippen LogP contribution is -2.16. The number of hydrogen-bond donors (Lipinski definition) is 0. The molecule has 0 saturated heterocycles. The van der Waals surface area contributed by atoms with Crippen molar-refractivity contribution in [1.29, 1.82) is 0 Å². The average molecular weight is 670 g/mol. The number of rotatable bonds is 3. The lowest BCUT2D eigenvalue weighted by atomic mass is 9.79. The quantitative estimate of drug-likeness (QED) is 0.186. The predicted octanol–water partition coefficient (Wildman–Crippen LogP) is 14.3. The first-order valence-electron chi connectivity index (χ1n) is 17.8. The number of hydrogen-bond acceptors (Lipinski definition) is 3. The fourth-order valence-corrected chi connectivity index (χ4v) is 9.21. The largest absolute Gasteiger partial charge is 0.456 e. The van der Waals surface area contributed by atoms with Crippen molar-refractivity contribution < 1.29 is 4.42 Å². The maximum absolute atomic E-state index is 6.88. The summed E-state index contributed by atoms with van der Waals surface area (Å²) in [7, 11) is 0. The number of furan rings is 1. The first-order chi connectivity index (χ1) is 23.8. The van der Waals surface area contributed by atoms with Crippen LogP contribution < -0.4 is 4.90 Å². The standard InChI is InChI=1S/C47H43NOS/c1-45(2,3)28-23-37-34-21-18-31(27-41(34)49-44(37)40(24-28)46(4,5)6)48(29-19-22-43-36(25-29)35-14-10-12-16-42(35)50-43)30-17-20-33-32-13-9-11-15-38(32)47(7,8)39(33)26-30/h9-27H,1-8H3. The zero-order valence-corrected chi connectivity index (χ0v) is 31.0. The van der Waals surface area contributed by atoms with Gasteiger partial charge in [-0.2, -0.15) is 0 Å². The van der Waals surface area contributed by atoms with E-state index >= 15 is 0 Å². The molecule has 2 nitrogen and oxygen atoms in total. The highest BCUT2D eigenvalue weighted by molar-refractivity contribution is 7.25. The molecule has 0 atom stereocenters. The summed E-state index contributed by atoms with van der Waals surface area (Å²) in [5.41, 5.74) is 13.1. The molecule has 6 aromatic carbocycles. The van der Waals surface area contributed by atoms with Crippen LogP contribution in [0.2, 0.25) is 0 Å². The zero-order chi connectivity index (χ0) is 34.7. The highest BCUT2D eigenvalue weighted by Gasteiger charge is 2.36. The number of thiophene rings is 1. The van der Waals surface area contributed by atoms with E-state index < -0.39 is 0 Å². The molecule has 0 fully saturated rings. The number of nitrogens with zero attached hydrogens (tertiary/aromatic N) is 1. The van der Waals surface area contributed by atoms with Crippen LogP contribution in [0, 0.1) is 0 Å². The minimum Gasteiger partial charge on any atom is -0.456 e. The molecule has 0 unspecified atom stereocenters. The summed E-state index contributed by atoms with van der Waals surface area (Å²) in [6, 6.07) is 43.1. The number of fused-ring (bicyclic) bond motifs is 9. The Morgan fingerprint density at radius 3 is 2.00 bits per heavy atom. The van der Waals surface area contributed by atoms with Crippen molar-refractivity contribution in [3.63, 3.8) is 0 Å². The van der Waals surface area contributed by atoms with Crippen LogP contribution >= 0.6 is 11.3 Å². The van der Waals surface area contributed by atoms with E-state index in [1.807, 2.05) is 11.3 Å². The van der Waals surface area contributed by atoms with E-state index in [1.54, 1.807) is 0 Å². The van der Waals surface area contributed by atoms with Crippen molar-refractivity contribution in [2.45, 2.75) is 71.6 Å². The van der Waals surface area contributed by atoms with Crippen LogP contribution in [0.1, 0.15) is 77.6 Å². The lowest BCUT2D eigenvalue weighted by molar-refractivity contribution is 0.559. The highest BCUT2D eigenvalue weighted by atomic mass is 32.1. The van der Waals surface area contributed by atoms with Gasteiger partial charge in [0.15, 0.2) is 0 Å². The molecule has 2 heterocycles. The molecular weight excluding hydrogens is 627 g/mol. The van der Waals surface area contributed by atoms with Crippen LogP contribution in [0.15, 0.2) is 120 Å². The van der Waals surface area contributed by atoms with Gasteiger partial charge < -0.3 is 9.32 Å². The molecule has 8 aromatic rings. The van der Waals surface area contributed by atoms with E-state index in [9.17, 15) is 0 Å². The van der Waals surface area contributed by atoms with Gasteiger partial charge in [0.1, 0.15) is 11.2 Å². The Morgan fingerprint density at radius 2 is 1.20 bits per heavy atom. The van der Waals surface area contributed by atoms with Gasteiger partial charge in [-0.3, -0.25) is 0 Å². The second kappa shape index (κ2) is 10.6. The maximum atomic E-state index is 6.88. The summed E-state index contributed by atoms with van der Waals surface area (Å²) in [5, 5.41) is 4.94. The Morgan fingerprint density at radius 1 is 0.540 bits per heavy atom. The summed E-state index contributed by atoms with van der Waals surface area (Å²) in [5.74, 6) is 0. The molecule has 0 bridgehead atoms. The second-order valence-corrected chi connectivity index (χ2v) is 17.8. The van der Waals surface area contributed by atoms with Gasteiger partial charge in [0.05, 0.1) is 0 Å². The summed E-state index contributed by atoms with van der Waals surface area (Å²) in [6.07, 6.45) is 0. The first-order valence-corrected chi connectivity index (χ1v) is 18.6. The van der Waals surface area contributed by atoms with E-state index in [2.05, 4.69) is 176 Å². The fourth-order valence-electron chi connectivity index (χ4n) is 8.13. The molecule has 0 saturated carbocycles. The van der Waals surface area contributed by atoms with Crippen LogP contribution in [0.5, 0.6) is 0 Å². The Balaban J connectivity index is 1.28. The minimum atomic E-state index is -0.0993. The number of benzene rings is 6. The molecule has 2 aromatic heterocycles. The Bertz CT molecular complexity index is 2650. The molecule has 50 heavy (non-hydrogen) atoms. The van der Waals surface area contributed by atoms with Gasteiger partial charge in [0, 0.05) is 65.1 Å². The minimum absolute atomic E-state index is 0.0278. The molecule has 1 aliphatic carbocycles. The Kier molecular flexibility index (Phi) is 6.59. The molecule has 3 heteroatoms. The molecule has 0 spiro atoms. The summed E-state index contributed by atoms with van der Waals surface area (Å²) in [6.45, 7) is 18.4. The van der Waals surface area contributed by atoms with Gasteiger partial charge in [-0.05, 0) is 93.2 Å². The molecule has 0 amide bonds. The van der Waals surface area contributed by atoms with E-state index in [0.29, 0.717) is 0 Å². The molecular formula is C47H43NOS. The van der Waals surface area contributed by atoms with Crippen LogP contribution in [0.4, 0.5) is 17.1 Å². The third-order valence-electron chi connectivity index (χ3n) is 10.9. The van der Waals surface area contributed by atoms with Crippen LogP contribution in [0.25, 0.3) is 53.2 Å². The lowest BCUT2D eigenvalue weighted by Gasteiger charge is -2.28. The van der Waals surface area contributed by atoms with Crippen molar-refractivity contribution in [3.8, 4) is 11.1 Å². The normalized spacial score (nSPS) is 14.2. The maximum Gasteiger partial charge on any atom is 0.139 e. The van der Waals surface area contributed by atoms with Gasteiger partial charge in [0.2, 0.25) is 0 Å². The zero-order valence-electron chi connectivity index (χ0n) is 30.2. The van der Waals surface area contributed by atoms with E-state index in [-0.39, 0.29) is 16.2 Å². The first kappa shape index (κ1) is 31.1. The van der Waals surface area contributed by atoms with Crippen LogP contribution in [-0.2, 0) is 16.2 Å². The third kappa shape index (κ3) is 4.67. The van der Waals surface area contributed by atoms with Crippen molar-refractivity contribution in [1.82, 2.24) is 0 Å². The summed E-state index contributed by atoms with van der Waals surface area (Å²) in [4.78, 5) is 2.42. The second-order valence-electron chi connectivity index (χ2n) is 16.7. The van der Waals surface area contributed by atoms with Gasteiger partial charge in [-0.1, -0.05) is 110 Å². The molecule has 0 N–H and O–H groups in total. The van der Waals surface area contributed by atoms with E-state index in [1.165, 1.54) is 58.9 Å². The van der Waals surface area contributed by atoms with E-state index in [0.717, 1.165) is 33.6 Å². The summed E-state index contributed by atoms with van der Waals surface area (Å²) < 4.78 is 9.50. The molecule has 0 aliphatic heterocycles. The topological polar surface area (TPSA) is 16.4 Å². The van der Waals surface area contributed by atoms with Crippen LogP contribution in [0.3, 0.4) is 0 Å². The molecule has 9 rings (SSSR count). The predicted molar refractivity (Wildman–Crippen MR) is 216 cm³/mol. The highest BCUT2D eigenvalue weighted by Crippen LogP contribution is 2.51. The molecule has 1 aliphatic rings. The average Bonchev–Trinajstić information content (AvgIpc) is 3.71. The van der Waals surface area contributed by atoms with Gasteiger partial charge in [0.25, 0.3) is 0 Å². The fraction of sp³-hybridized carbons (Fsp3) is 0.234. The van der Waals surface area contributed by atoms with Crippen molar-refractivity contribution in [2.75, 3.05) is 4.90 Å². The van der Waals surface area contributed by atoms with Gasteiger partial charge >= 0.3 is 0 Å². The van der Waals surface area contributed by atoms with Crippen molar-refractivity contribution in [2.24, 2.45) is 0 Å². The van der Waals surface area contributed by atoms with Gasteiger partial charge in [-0.15, -0.1) is 11.3 Å². The van der Waals surface area contributed by atoms with Crippen molar-refractivity contribution in [3.05, 3.63) is 138 Å². The Labute approximate surface area is 299 Å². The van der Waals surface area contributed by atoms with Crippen LogP contribution in [-0.4, -0.2) is 0 Å². The SMILES string of the molecule is CC(C)(C)c1cc(C(C)(C)C)c2oc3cc(N(c4ccc5c(c4)C(C)(C)c4ccccc4-5)c4ccc5sc6ccccc6c5c4)ccc3c2c1. The van der Waals surface area contributed by atoms with E-state index in [4.69, 9.17) is 4.42 Å². The Hall–Kier alpha value is -4.86. The van der Waals surface area contributed by atoms with Gasteiger partial charge in [-0.25, -0.2) is 0 Å². The molecule has 0 radical (unpaired) electrons. The molecule has 248 valence electrons. The monoisotopic (exact) mass is 669 g/mol. The third-order valence-corrected chi connectivity index (χ3v) is 12.1. The number of anilines is 3. The smallest absolute Gasteiger partial charge is 0.139 e.